The van der Waals surface area contributed by atoms with E-state index in [1.54, 1.807) is 0 Å². The number of carbonyl (C=O) groups excluding carboxylic acids is 2. The molecular formula is C39H48N4O4. The molecule has 248 valence electrons. The van der Waals surface area contributed by atoms with E-state index in [-0.39, 0.29) is 18.2 Å². The number of aldehydes is 1. The number of rotatable bonds is 16. The van der Waals surface area contributed by atoms with E-state index >= 15 is 0 Å². The summed E-state index contributed by atoms with van der Waals surface area (Å²) in [5, 5.41) is 14.8. The number of hydrogen-bond donors (Lipinski definition) is 4. The highest BCUT2D eigenvalue weighted by Crippen LogP contribution is 2.39. The van der Waals surface area contributed by atoms with Crippen molar-refractivity contribution in [2.24, 2.45) is 4.99 Å². The molecular weight excluding hydrogens is 588 g/mol. The Morgan fingerprint density at radius 2 is 1.62 bits per heavy atom. The molecule has 0 aromatic carbocycles. The van der Waals surface area contributed by atoms with Gasteiger partial charge in [-0.3, -0.25) is 19.4 Å². The number of unbranched alkanes of at least 4 members (excludes halogenated alkanes) is 10. The number of nitrogens with zero attached hydrogens (tertiary/aromatic N) is 1. The van der Waals surface area contributed by atoms with Crippen LogP contribution in [0.2, 0.25) is 0 Å². The van der Waals surface area contributed by atoms with Gasteiger partial charge in [-0.25, -0.2) is 0 Å². The summed E-state index contributed by atoms with van der Waals surface area (Å²) in [5.41, 5.74) is 8.09. The number of fused-ring (bicyclic) bond motifs is 7. The third-order valence-electron chi connectivity index (χ3n) is 10.0. The third kappa shape index (κ3) is 7.53. The second-order valence-electron chi connectivity index (χ2n) is 13.5. The van der Waals surface area contributed by atoms with E-state index in [1.807, 2.05) is 18.2 Å². The fraction of sp³-hybridized carbons (Fsp3) is 0.487. The van der Waals surface area contributed by atoms with Gasteiger partial charge in [-0.15, -0.1) is 0 Å². The zero-order valence-electron chi connectivity index (χ0n) is 27.7. The molecule has 1 aliphatic carbocycles. The van der Waals surface area contributed by atoms with E-state index < -0.39 is 5.97 Å². The molecule has 8 bridgehead atoms. The van der Waals surface area contributed by atoms with E-state index in [9.17, 15) is 19.5 Å². The van der Waals surface area contributed by atoms with Gasteiger partial charge >= 0.3 is 5.97 Å². The maximum absolute atomic E-state index is 14.1. The molecule has 6 rings (SSSR count). The van der Waals surface area contributed by atoms with Crippen LogP contribution in [0.5, 0.6) is 0 Å². The van der Waals surface area contributed by atoms with E-state index in [2.05, 4.69) is 34.4 Å². The fourth-order valence-corrected chi connectivity index (χ4v) is 7.59. The van der Waals surface area contributed by atoms with Crippen LogP contribution in [0.15, 0.2) is 51.8 Å². The van der Waals surface area contributed by atoms with Crippen molar-refractivity contribution in [3.05, 3.63) is 74.5 Å². The van der Waals surface area contributed by atoms with Gasteiger partial charge in [0.25, 0.3) is 0 Å². The van der Waals surface area contributed by atoms with Crippen LogP contribution >= 0.6 is 0 Å². The Morgan fingerprint density at radius 3 is 2.34 bits per heavy atom. The Balaban J connectivity index is 1.31. The molecule has 0 radical (unpaired) electrons. The topological polar surface area (TPSA) is 127 Å². The molecule has 0 fully saturated rings. The second kappa shape index (κ2) is 15.1. The van der Waals surface area contributed by atoms with Crippen molar-refractivity contribution in [2.75, 3.05) is 0 Å². The lowest BCUT2D eigenvalue weighted by molar-refractivity contribution is -0.136. The maximum atomic E-state index is 14.1. The van der Waals surface area contributed by atoms with Gasteiger partial charge in [0.2, 0.25) is 0 Å². The van der Waals surface area contributed by atoms with Crippen molar-refractivity contribution in [1.82, 2.24) is 15.3 Å². The monoisotopic (exact) mass is 636 g/mol. The van der Waals surface area contributed by atoms with Crippen molar-refractivity contribution < 1.29 is 19.5 Å². The highest BCUT2D eigenvalue weighted by Gasteiger charge is 2.31. The van der Waals surface area contributed by atoms with Crippen LogP contribution in [-0.4, -0.2) is 44.9 Å². The lowest BCUT2D eigenvalue weighted by Gasteiger charge is -2.09. The quantitative estimate of drug-likeness (QED) is 0.127. The number of Topliss-reactive ketones (excluding diaryl/α,β-unsaturated/α-hetero) is 1. The highest BCUT2D eigenvalue weighted by atomic mass is 16.4. The van der Waals surface area contributed by atoms with Crippen molar-refractivity contribution >= 4 is 41.0 Å². The molecule has 4 aliphatic rings. The van der Waals surface area contributed by atoms with Crippen LogP contribution in [0.4, 0.5) is 0 Å². The number of allylic oxidation sites excluding steroid dienone is 4. The first-order valence-electron chi connectivity index (χ1n) is 17.8. The molecule has 4 N–H and O–H groups in total. The van der Waals surface area contributed by atoms with Gasteiger partial charge in [-0.2, -0.15) is 0 Å². The summed E-state index contributed by atoms with van der Waals surface area (Å²) >= 11 is 0. The van der Waals surface area contributed by atoms with Crippen LogP contribution in [0.3, 0.4) is 0 Å². The van der Waals surface area contributed by atoms with Gasteiger partial charge in [0.1, 0.15) is 0 Å². The zero-order valence-corrected chi connectivity index (χ0v) is 27.7. The first-order chi connectivity index (χ1) is 22.9. The van der Waals surface area contributed by atoms with E-state index in [0.717, 1.165) is 67.3 Å². The molecule has 2 aromatic heterocycles. The van der Waals surface area contributed by atoms with Gasteiger partial charge < -0.3 is 20.4 Å². The summed E-state index contributed by atoms with van der Waals surface area (Å²) in [4.78, 5) is 50.3. The summed E-state index contributed by atoms with van der Waals surface area (Å²) < 4.78 is 0. The number of aliphatic carboxylic acids is 1. The molecule has 8 nitrogen and oxygen atoms in total. The molecule has 0 spiro atoms. The number of ketones is 1. The summed E-state index contributed by atoms with van der Waals surface area (Å²) in [7, 11) is 0. The summed E-state index contributed by atoms with van der Waals surface area (Å²) in [6.07, 6.45) is 21.8. The predicted octanol–water partition coefficient (Wildman–Crippen LogP) is 6.32. The normalized spacial score (nSPS) is 18.3. The van der Waals surface area contributed by atoms with Crippen molar-refractivity contribution in [3.63, 3.8) is 0 Å². The van der Waals surface area contributed by atoms with Crippen molar-refractivity contribution in [2.45, 2.75) is 122 Å². The number of carbonyl (C=O) groups is 3. The Morgan fingerprint density at radius 1 is 0.894 bits per heavy atom. The molecule has 0 amide bonds. The maximum Gasteiger partial charge on any atom is 0.307 e. The number of carboxylic acid groups (broad SMARTS) is 1. The van der Waals surface area contributed by atoms with Gasteiger partial charge in [-0.1, -0.05) is 77.2 Å². The fourth-order valence-electron chi connectivity index (χ4n) is 7.59. The molecule has 2 aromatic rings. The number of nitrogens with one attached hydrogen (secondary N) is 3. The number of aliphatic imine (C=N–C) groups is 1. The summed E-state index contributed by atoms with van der Waals surface area (Å²) in [5.74, 6) is -0.998. The lowest BCUT2D eigenvalue weighted by Crippen LogP contribution is -2.25. The van der Waals surface area contributed by atoms with Gasteiger partial charge in [0.05, 0.1) is 46.0 Å². The zero-order chi connectivity index (χ0) is 32.8. The van der Waals surface area contributed by atoms with E-state index in [4.69, 9.17) is 4.99 Å². The second-order valence-corrected chi connectivity index (χ2v) is 13.5. The van der Waals surface area contributed by atoms with Gasteiger partial charge in [0, 0.05) is 23.2 Å². The lowest BCUT2D eigenvalue weighted by atomic mass is 9.99. The Labute approximate surface area is 276 Å². The molecule has 0 saturated carbocycles. The van der Waals surface area contributed by atoms with Crippen molar-refractivity contribution in [1.29, 1.82) is 0 Å². The number of carboxylic acids is 1. The van der Waals surface area contributed by atoms with Gasteiger partial charge in [-0.05, 0) is 73.1 Å². The average Bonchev–Trinajstić information content (AvgIpc) is 3.87. The first-order valence-corrected chi connectivity index (χ1v) is 17.8. The predicted molar refractivity (Wildman–Crippen MR) is 186 cm³/mol. The smallest absolute Gasteiger partial charge is 0.307 e. The van der Waals surface area contributed by atoms with Crippen molar-refractivity contribution in [3.8, 4) is 0 Å². The Kier molecular flexibility index (Phi) is 10.5. The van der Waals surface area contributed by atoms with E-state index in [0.29, 0.717) is 46.3 Å². The van der Waals surface area contributed by atoms with Crippen LogP contribution < -0.4 is 16.0 Å². The Hall–Kier alpha value is -4.20. The Bertz CT molecular complexity index is 1780. The number of hydrogen-bond acceptors (Lipinski definition) is 5. The molecule has 1 unspecified atom stereocenters. The third-order valence-corrected chi connectivity index (χ3v) is 10.0. The minimum atomic E-state index is -0.958. The highest BCUT2D eigenvalue weighted by molar-refractivity contribution is 6.20. The molecule has 47 heavy (non-hydrogen) atoms. The molecule has 8 heteroatoms. The molecule has 5 heterocycles. The number of aromatic amines is 2. The summed E-state index contributed by atoms with van der Waals surface area (Å²) in [6, 6.07) is 5.46. The van der Waals surface area contributed by atoms with Gasteiger partial charge in [0.15, 0.2) is 12.1 Å². The summed E-state index contributed by atoms with van der Waals surface area (Å²) in [6.45, 7) is 2.24. The standard InChI is InChI=1S/C39H48N4O4/c1-2-3-4-5-6-7-8-9-10-11-12-13-35(45)37-34-19-18-33(43-34)30(24-44)32-17-16-31(42-32)29-15-14-25-20-27(40-38(25)29)23-28-21-26(22-36(46)47)39(37)41-28/h18-21,23-24,27,40-41,43H,2-17,22H2,1H3,(H,46,47). The number of H-pyrrole nitrogens is 2. The minimum Gasteiger partial charge on any atom is -0.481 e. The number of aromatic nitrogens is 2. The van der Waals surface area contributed by atoms with E-state index in [1.165, 1.54) is 62.5 Å². The molecule has 0 saturated heterocycles. The minimum absolute atomic E-state index is 0.0394. The van der Waals surface area contributed by atoms with Crippen LogP contribution in [0.25, 0.3) is 17.2 Å². The molecule has 3 aliphatic heterocycles. The largest absolute Gasteiger partial charge is 0.481 e. The van der Waals surface area contributed by atoms with Crippen LogP contribution in [0.1, 0.15) is 127 Å². The SMILES string of the molecule is CCCCCCCCCCCCCC(=O)C1=c2[nH]c(cc2CC(=O)O)=CC2C=C3CCC(=C3N2)C2=NC(=C(C=O)c3ccc1[nH]3)CC2. The first kappa shape index (κ1) is 32.7. The van der Waals surface area contributed by atoms with Crippen LogP contribution in [-0.2, 0) is 20.8 Å². The van der Waals surface area contributed by atoms with Crippen LogP contribution in [0, 0.1) is 0 Å². The molecule has 1 atom stereocenters. The average molecular weight is 637 g/mol.